The lowest BCUT2D eigenvalue weighted by Gasteiger charge is -2.09. The van der Waals surface area contributed by atoms with Crippen molar-refractivity contribution >= 4 is 38.2 Å². The van der Waals surface area contributed by atoms with E-state index in [2.05, 4.69) is 5.32 Å². The van der Waals surface area contributed by atoms with E-state index in [1.54, 1.807) is 12.1 Å². The molecule has 0 atom stereocenters. The molecule has 0 aliphatic carbocycles. The number of ether oxygens (including phenoxy) is 1. The van der Waals surface area contributed by atoms with Crippen LogP contribution in [0.3, 0.4) is 0 Å². The fraction of sp³-hybridized carbons (Fsp3) is 0.143. The van der Waals surface area contributed by atoms with Gasteiger partial charge in [-0.25, -0.2) is 12.8 Å². The van der Waals surface area contributed by atoms with Gasteiger partial charge in [-0.2, -0.15) is 0 Å². The molecule has 3 aromatic carbocycles. The van der Waals surface area contributed by atoms with Gasteiger partial charge in [0.25, 0.3) is 5.91 Å². The van der Waals surface area contributed by atoms with Crippen LogP contribution in [0.25, 0.3) is 10.8 Å². The average molecular weight is 415 g/mol. The Morgan fingerprint density at radius 1 is 0.931 bits per heavy atom. The number of hydrogen-bond donors (Lipinski definition) is 1. The Hall–Kier alpha value is -3.26. The molecule has 0 bridgehead atoms. The van der Waals surface area contributed by atoms with E-state index in [4.69, 9.17) is 4.74 Å². The van der Waals surface area contributed by atoms with E-state index in [0.717, 1.165) is 35.0 Å². The van der Waals surface area contributed by atoms with Crippen LogP contribution in [0.2, 0.25) is 0 Å². The molecule has 150 valence electrons. The number of benzene rings is 3. The molecule has 0 aromatic heterocycles. The van der Waals surface area contributed by atoms with Crippen LogP contribution in [0.5, 0.6) is 0 Å². The molecule has 0 radical (unpaired) electrons. The summed E-state index contributed by atoms with van der Waals surface area (Å²) >= 11 is 0. The van der Waals surface area contributed by atoms with Crippen molar-refractivity contribution in [2.45, 2.75) is 11.3 Å². The number of sulfone groups is 1. The molecule has 29 heavy (non-hydrogen) atoms. The molecule has 0 fully saturated rings. The highest BCUT2D eigenvalue weighted by Crippen LogP contribution is 2.22. The normalized spacial score (nSPS) is 11.2. The summed E-state index contributed by atoms with van der Waals surface area (Å²) in [6.45, 7) is -0.529. The van der Waals surface area contributed by atoms with E-state index < -0.39 is 46.3 Å². The van der Waals surface area contributed by atoms with Gasteiger partial charge in [-0.3, -0.25) is 9.59 Å². The first-order valence-corrected chi connectivity index (χ1v) is 10.4. The largest absolute Gasteiger partial charge is 0.456 e. The van der Waals surface area contributed by atoms with Crippen molar-refractivity contribution in [1.82, 2.24) is 0 Å². The van der Waals surface area contributed by atoms with Crippen LogP contribution in [0, 0.1) is 5.82 Å². The van der Waals surface area contributed by atoms with E-state index in [1.807, 2.05) is 30.3 Å². The first-order chi connectivity index (χ1) is 13.8. The number of anilines is 1. The van der Waals surface area contributed by atoms with Crippen LogP contribution in [0.4, 0.5) is 10.1 Å². The topological polar surface area (TPSA) is 89.5 Å². The number of fused-ring (bicyclic) bond motifs is 1. The molecule has 0 saturated carbocycles. The third-order valence-electron chi connectivity index (χ3n) is 4.18. The molecule has 3 rings (SSSR count). The number of nitrogens with one attached hydrogen (secondary N) is 1. The maximum absolute atomic E-state index is 12.9. The van der Waals surface area contributed by atoms with E-state index >= 15 is 0 Å². The zero-order chi connectivity index (χ0) is 20.9. The van der Waals surface area contributed by atoms with Gasteiger partial charge in [0.1, 0.15) is 5.82 Å². The minimum Gasteiger partial charge on any atom is -0.456 e. The average Bonchev–Trinajstić information content (AvgIpc) is 2.71. The highest BCUT2D eigenvalue weighted by atomic mass is 32.2. The maximum Gasteiger partial charge on any atom is 0.307 e. The number of amides is 1. The number of halogens is 1. The number of hydrogen-bond acceptors (Lipinski definition) is 5. The Labute approximate surface area is 167 Å². The SMILES string of the molecule is O=C(COC(=O)CCS(=O)(=O)c1ccc(F)cc1)Nc1cccc2ccccc12. The van der Waals surface area contributed by atoms with Gasteiger partial charge in [0.15, 0.2) is 16.4 Å². The van der Waals surface area contributed by atoms with Crippen LogP contribution >= 0.6 is 0 Å². The van der Waals surface area contributed by atoms with Crippen LogP contribution < -0.4 is 5.32 Å². The van der Waals surface area contributed by atoms with Crippen LogP contribution in [0.1, 0.15) is 6.42 Å². The zero-order valence-corrected chi connectivity index (χ0v) is 16.1. The van der Waals surface area contributed by atoms with Gasteiger partial charge in [-0.15, -0.1) is 0 Å². The molecule has 0 heterocycles. The van der Waals surface area contributed by atoms with E-state index in [1.165, 1.54) is 0 Å². The molecule has 3 aromatic rings. The fourth-order valence-corrected chi connectivity index (χ4v) is 3.94. The third-order valence-corrected chi connectivity index (χ3v) is 5.91. The van der Waals surface area contributed by atoms with Crippen molar-refractivity contribution < 1.29 is 27.1 Å². The molecule has 0 unspecified atom stereocenters. The zero-order valence-electron chi connectivity index (χ0n) is 15.3. The maximum atomic E-state index is 12.9. The van der Waals surface area contributed by atoms with Crippen LogP contribution in [-0.4, -0.2) is 32.7 Å². The molecule has 6 nitrogen and oxygen atoms in total. The summed E-state index contributed by atoms with van der Waals surface area (Å²) < 4.78 is 42.0. The van der Waals surface area contributed by atoms with Crippen molar-refractivity contribution in [3.05, 3.63) is 72.5 Å². The quantitative estimate of drug-likeness (QED) is 0.472. The third kappa shape index (κ3) is 5.39. The number of esters is 1. The second-order valence-corrected chi connectivity index (χ2v) is 8.37. The summed E-state index contributed by atoms with van der Waals surface area (Å²) in [4.78, 5) is 23.8. The molecule has 0 aliphatic rings. The highest BCUT2D eigenvalue weighted by Gasteiger charge is 2.18. The molecule has 0 aliphatic heterocycles. The number of carbonyl (C=O) groups excluding carboxylic acids is 2. The van der Waals surface area contributed by atoms with Gasteiger partial charge in [0.2, 0.25) is 0 Å². The van der Waals surface area contributed by atoms with Gasteiger partial charge >= 0.3 is 5.97 Å². The van der Waals surface area contributed by atoms with Crippen molar-refractivity contribution in [2.75, 3.05) is 17.7 Å². The van der Waals surface area contributed by atoms with Gasteiger partial charge in [-0.1, -0.05) is 36.4 Å². The first kappa shape index (κ1) is 20.5. The summed E-state index contributed by atoms with van der Waals surface area (Å²) in [6.07, 6.45) is -0.415. The molecule has 1 N–H and O–H groups in total. The summed E-state index contributed by atoms with van der Waals surface area (Å²) in [5.41, 5.74) is 0.586. The van der Waals surface area contributed by atoms with Crippen LogP contribution in [-0.2, 0) is 24.2 Å². The Bertz CT molecular complexity index is 1140. The summed E-state index contributed by atoms with van der Waals surface area (Å²) in [6, 6.07) is 17.3. The lowest BCUT2D eigenvalue weighted by molar-refractivity contribution is -0.146. The molecular formula is C21H18FNO5S. The van der Waals surface area contributed by atoms with Gasteiger partial charge < -0.3 is 10.1 Å². The summed E-state index contributed by atoms with van der Waals surface area (Å²) in [5, 5.41) is 4.47. The molecule has 1 amide bonds. The van der Waals surface area contributed by atoms with Gasteiger partial charge in [0, 0.05) is 11.1 Å². The highest BCUT2D eigenvalue weighted by molar-refractivity contribution is 7.91. The predicted molar refractivity (Wildman–Crippen MR) is 107 cm³/mol. The second kappa shape index (κ2) is 8.83. The van der Waals surface area contributed by atoms with E-state index in [-0.39, 0.29) is 4.90 Å². The van der Waals surface area contributed by atoms with Crippen molar-refractivity contribution in [2.24, 2.45) is 0 Å². The monoisotopic (exact) mass is 415 g/mol. The van der Waals surface area contributed by atoms with Crippen molar-refractivity contribution in [1.29, 1.82) is 0 Å². The lowest BCUT2D eigenvalue weighted by atomic mass is 10.1. The summed E-state index contributed by atoms with van der Waals surface area (Å²) in [7, 11) is -3.75. The minimum absolute atomic E-state index is 0.0830. The molecule has 0 saturated heterocycles. The van der Waals surface area contributed by atoms with Gasteiger partial charge in [-0.05, 0) is 35.7 Å². The Balaban J connectivity index is 1.51. The number of carbonyl (C=O) groups is 2. The molecule has 8 heteroatoms. The van der Waals surface area contributed by atoms with Crippen LogP contribution in [0.15, 0.2) is 71.6 Å². The Morgan fingerprint density at radius 3 is 2.38 bits per heavy atom. The minimum atomic E-state index is -3.75. The standard InChI is InChI=1S/C21H18FNO5S/c22-16-8-10-17(11-9-16)29(26,27)13-12-21(25)28-14-20(24)23-19-7-3-5-15-4-1-2-6-18(15)19/h1-11H,12-14H2,(H,23,24). The van der Waals surface area contributed by atoms with Crippen molar-refractivity contribution in [3.63, 3.8) is 0 Å². The number of rotatable bonds is 7. The second-order valence-electron chi connectivity index (χ2n) is 6.26. The molecule has 0 spiro atoms. The van der Waals surface area contributed by atoms with E-state index in [9.17, 15) is 22.4 Å². The Morgan fingerprint density at radius 2 is 1.62 bits per heavy atom. The fourth-order valence-electron chi connectivity index (χ4n) is 2.72. The smallest absolute Gasteiger partial charge is 0.307 e. The first-order valence-electron chi connectivity index (χ1n) is 8.77. The van der Waals surface area contributed by atoms with E-state index in [0.29, 0.717) is 5.69 Å². The lowest BCUT2D eigenvalue weighted by Crippen LogP contribution is -2.22. The summed E-state index contributed by atoms with van der Waals surface area (Å²) in [5.74, 6) is -2.40. The predicted octanol–water partition coefficient (Wildman–Crippen LogP) is 3.32. The molecular weight excluding hydrogens is 397 g/mol. The van der Waals surface area contributed by atoms with Gasteiger partial charge in [0.05, 0.1) is 17.1 Å². The Kier molecular flexibility index (Phi) is 6.23. The van der Waals surface area contributed by atoms with Crippen molar-refractivity contribution in [3.8, 4) is 0 Å².